The van der Waals surface area contributed by atoms with Crippen LogP contribution in [0.4, 0.5) is 0 Å². The van der Waals surface area contributed by atoms with Gasteiger partial charge in [-0.2, -0.15) is 0 Å². The summed E-state index contributed by atoms with van der Waals surface area (Å²) in [6.07, 6.45) is 7.37. The molecule has 1 heterocycles. The quantitative estimate of drug-likeness (QED) is 0.836. The van der Waals surface area contributed by atoms with E-state index < -0.39 is 0 Å². The van der Waals surface area contributed by atoms with E-state index in [1.807, 2.05) is 20.2 Å². The summed E-state index contributed by atoms with van der Waals surface area (Å²) < 4.78 is 0. The number of aryl methyl sites for hydroxylation is 1. The van der Waals surface area contributed by atoms with E-state index in [4.69, 9.17) is 0 Å². The smallest absolute Gasteiger partial charge is 0.237 e. The van der Waals surface area contributed by atoms with Gasteiger partial charge in [0, 0.05) is 17.9 Å². The Hall–Kier alpha value is -1.36. The molecule has 1 aromatic heterocycles. The molecule has 2 N–H and O–H groups in total. The van der Waals surface area contributed by atoms with Gasteiger partial charge in [-0.25, -0.2) is 4.98 Å². The summed E-state index contributed by atoms with van der Waals surface area (Å²) in [5.41, 5.74) is 1.05. The summed E-state index contributed by atoms with van der Waals surface area (Å²) in [5, 5.41) is 3.19. The van der Waals surface area contributed by atoms with Gasteiger partial charge in [0.1, 0.15) is 5.82 Å². The molecule has 1 amide bonds. The van der Waals surface area contributed by atoms with E-state index in [0.29, 0.717) is 12.6 Å². The number of nitrogens with one attached hydrogen (secondary N) is 2. The topological polar surface area (TPSA) is 61.0 Å². The zero-order valence-electron chi connectivity index (χ0n) is 12.8. The van der Waals surface area contributed by atoms with Crippen LogP contribution in [-0.2, 0) is 11.3 Å². The molecule has 1 fully saturated rings. The van der Waals surface area contributed by atoms with Crippen LogP contribution < -0.4 is 5.32 Å². The van der Waals surface area contributed by atoms with Gasteiger partial charge in [0.05, 0.1) is 12.6 Å². The van der Waals surface area contributed by atoms with E-state index in [1.54, 1.807) is 0 Å². The minimum Gasteiger partial charge on any atom is -0.352 e. The lowest BCUT2D eigenvalue weighted by Crippen LogP contribution is -2.47. The molecule has 2 rings (SSSR count). The fourth-order valence-electron chi connectivity index (χ4n) is 2.96. The SMILES string of the molecule is CCC(C(=O)NC1CCCC1)N(C)Cc1ncc(C)[nH]1. The van der Waals surface area contributed by atoms with Crippen LogP contribution in [-0.4, -0.2) is 39.9 Å². The Labute approximate surface area is 121 Å². The molecule has 1 saturated carbocycles. The van der Waals surface area contributed by atoms with Gasteiger partial charge in [-0.3, -0.25) is 9.69 Å². The number of imidazole rings is 1. The van der Waals surface area contributed by atoms with Crippen LogP contribution in [0.5, 0.6) is 0 Å². The number of hydrogen-bond acceptors (Lipinski definition) is 3. The molecule has 1 aromatic rings. The van der Waals surface area contributed by atoms with Gasteiger partial charge in [-0.1, -0.05) is 19.8 Å². The Morgan fingerprint density at radius 3 is 2.80 bits per heavy atom. The third-order valence-corrected chi connectivity index (χ3v) is 4.08. The maximum absolute atomic E-state index is 12.4. The minimum atomic E-state index is -0.0824. The molecule has 0 aromatic carbocycles. The first-order valence-electron chi connectivity index (χ1n) is 7.61. The van der Waals surface area contributed by atoms with E-state index >= 15 is 0 Å². The Balaban J connectivity index is 1.90. The highest BCUT2D eigenvalue weighted by atomic mass is 16.2. The maximum Gasteiger partial charge on any atom is 0.237 e. The highest BCUT2D eigenvalue weighted by molar-refractivity contribution is 5.81. The van der Waals surface area contributed by atoms with Crippen LogP contribution in [0.3, 0.4) is 0 Å². The second kappa shape index (κ2) is 6.88. The normalized spacial score (nSPS) is 17.6. The second-order valence-electron chi connectivity index (χ2n) is 5.84. The first-order valence-corrected chi connectivity index (χ1v) is 7.61. The van der Waals surface area contributed by atoms with Gasteiger partial charge < -0.3 is 10.3 Å². The molecule has 0 saturated heterocycles. The van der Waals surface area contributed by atoms with Crippen molar-refractivity contribution in [2.45, 2.75) is 64.6 Å². The van der Waals surface area contributed by atoms with E-state index in [2.05, 4.69) is 27.1 Å². The molecule has 20 heavy (non-hydrogen) atoms. The third kappa shape index (κ3) is 3.82. The number of hydrogen-bond donors (Lipinski definition) is 2. The van der Waals surface area contributed by atoms with Gasteiger partial charge >= 0.3 is 0 Å². The zero-order valence-corrected chi connectivity index (χ0v) is 12.8. The van der Waals surface area contributed by atoms with Gasteiger partial charge in [0.2, 0.25) is 5.91 Å². The number of likely N-dealkylation sites (N-methyl/N-ethyl adjacent to an activating group) is 1. The summed E-state index contributed by atoms with van der Waals surface area (Å²) in [5.74, 6) is 1.07. The van der Waals surface area contributed by atoms with Gasteiger partial charge in [0.25, 0.3) is 0 Å². The Morgan fingerprint density at radius 2 is 2.25 bits per heavy atom. The number of aromatic nitrogens is 2. The number of amides is 1. The highest BCUT2D eigenvalue weighted by Crippen LogP contribution is 2.18. The molecular weight excluding hydrogens is 252 g/mol. The Bertz CT molecular complexity index is 437. The van der Waals surface area contributed by atoms with Crippen LogP contribution in [0.15, 0.2) is 6.20 Å². The fraction of sp³-hybridized carbons (Fsp3) is 0.733. The molecule has 5 nitrogen and oxygen atoms in total. The first kappa shape index (κ1) is 15.0. The molecule has 1 atom stereocenters. The van der Waals surface area contributed by atoms with Crippen LogP contribution in [0.1, 0.15) is 50.5 Å². The van der Waals surface area contributed by atoms with Crippen LogP contribution in [0, 0.1) is 6.92 Å². The molecule has 1 aliphatic rings. The van der Waals surface area contributed by atoms with Crippen molar-refractivity contribution in [1.29, 1.82) is 0 Å². The number of aromatic amines is 1. The number of carbonyl (C=O) groups is 1. The average molecular weight is 278 g/mol. The summed E-state index contributed by atoms with van der Waals surface area (Å²) in [4.78, 5) is 22.0. The largest absolute Gasteiger partial charge is 0.352 e. The van der Waals surface area contributed by atoms with Crippen molar-refractivity contribution in [3.05, 3.63) is 17.7 Å². The first-order chi connectivity index (χ1) is 9.60. The minimum absolute atomic E-state index is 0.0824. The second-order valence-corrected chi connectivity index (χ2v) is 5.84. The summed E-state index contributed by atoms with van der Waals surface area (Å²) >= 11 is 0. The third-order valence-electron chi connectivity index (χ3n) is 4.08. The van der Waals surface area contributed by atoms with Gasteiger partial charge in [-0.15, -0.1) is 0 Å². The predicted octanol–water partition coefficient (Wildman–Crippen LogP) is 1.99. The highest BCUT2D eigenvalue weighted by Gasteiger charge is 2.25. The molecule has 0 spiro atoms. The van der Waals surface area contributed by atoms with Crippen molar-refractivity contribution in [3.63, 3.8) is 0 Å². The molecule has 0 radical (unpaired) electrons. The Morgan fingerprint density at radius 1 is 1.55 bits per heavy atom. The molecule has 0 aliphatic heterocycles. The molecule has 1 unspecified atom stereocenters. The van der Waals surface area contributed by atoms with Crippen LogP contribution >= 0.6 is 0 Å². The summed E-state index contributed by atoms with van der Waals surface area (Å²) in [6.45, 7) is 4.72. The summed E-state index contributed by atoms with van der Waals surface area (Å²) in [6, 6.07) is 0.303. The van der Waals surface area contributed by atoms with Crippen molar-refractivity contribution in [2.75, 3.05) is 7.05 Å². The van der Waals surface area contributed by atoms with E-state index in [-0.39, 0.29) is 11.9 Å². The average Bonchev–Trinajstić information content (AvgIpc) is 3.02. The van der Waals surface area contributed by atoms with E-state index in [9.17, 15) is 4.79 Å². The van der Waals surface area contributed by atoms with Crippen molar-refractivity contribution in [2.24, 2.45) is 0 Å². The molecule has 0 bridgehead atoms. The molecule has 1 aliphatic carbocycles. The summed E-state index contributed by atoms with van der Waals surface area (Å²) in [7, 11) is 1.99. The number of carbonyl (C=O) groups excluding carboxylic acids is 1. The number of rotatable bonds is 6. The van der Waals surface area contributed by atoms with Crippen molar-refractivity contribution in [3.8, 4) is 0 Å². The van der Waals surface area contributed by atoms with Crippen molar-refractivity contribution in [1.82, 2.24) is 20.2 Å². The Kier molecular flexibility index (Phi) is 5.17. The maximum atomic E-state index is 12.4. The van der Waals surface area contributed by atoms with Gasteiger partial charge in [-0.05, 0) is 33.2 Å². The van der Waals surface area contributed by atoms with Crippen molar-refractivity contribution < 1.29 is 4.79 Å². The lowest BCUT2D eigenvalue weighted by molar-refractivity contribution is -0.127. The monoisotopic (exact) mass is 278 g/mol. The number of nitrogens with zero attached hydrogens (tertiary/aromatic N) is 2. The van der Waals surface area contributed by atoms with E-state index in [1.165, 1.54) is 12.8 Å². The van der Waals surface area contributed by atoms with Crippen molar-refractivity contribution >= 4 is 5.91 Å². The molecule has 112 valence electrons. The van der Waals surface area contributed by atoms with E-state index in [0.717, 1.165) is 30.8 Å². The van der Waals surface area contributed by atoms with Gasteiger partial charge in [0.15, 0.2) is 0 Å². The standard InChI is InChI=1S/C15H26N4O/c1-4-13(15(20)18-12-7-5-6-8-12)19(3)10-14-16-9-11(2)17-14/h9,12-13H,4-8,10H2,1-3H3,(H,16,17)(H,18,20). The number of H-pyrrole nitrogens is 1. The zero-order chi connectivity index (χ0) is 14.5. The van der Waals surface area contributed by atoms with Crippen LogP contribution in [0.2, 0.25) is 0 Å². The fourth-order valence-corrected chi connectivity index (χ4v) is 2.96. The lowest BCUT2D eigenvalue weighted by atomic mass is 10.1. The molecular formula is C15H26N4O. The van der Waals surface area contributed by atoms with Crippen LogP contribution in [0.25, 0.3) is 0 Å². The predicted molar refractivity (Wildman–Crippen MR) is 79.3 cm³/mol. The molecule has 5 heteroatoms. The lowest BCUT2D eigenvalue weighted by Gasteiger charge is -2.26.